The molecule has 174 valence electrons. The predicted octanol–water partition coefficient (Wildman–Crippen LogP) is 4.13. The standard InChI is InChI=1S/C26H25ClN4O3/c1-3-13-34-26(33)31-12-11-30(16-24(31)28)25(32)19-9-10-20-21(27)15-22(29-23(20)14-19)18-7-5-17(4-2)6-8-18/h2,5-10,14-15,24H,3,11-13,16,28H2,1H3/t24-/m0/s1. The van der Waals surface area contributed by atoms with Crippen LogP contribution in [0.1, 0.15) is 29.3 Å². The van der Waals surface area contributed by atoms with Crippen LogP contribution in [-0.2, 0) is 4.74 Å². The zero-order valence-corrected chi connectivity index (χ0v) is 19.6. The number of carbonyl (C=O) groups excluding carboxylic acids is 2. The molecule has 2 aromatic carbocycles. The Morgan fingerprint density at radius 3 is 2.65 bits per heavy atom. The third kappa shape index (κ3) is 4.84. The number of nitrogens with two attached hydrogens (primary N) is 1. The first kappa shape index (κ1) is 23.6. The molecule has 4 rings (SSSR count). The second kappa shape index (κ2) is 10.1. The summed E-state index contributed by atoms with van der Waals surface area (Å²) in [5.41, 5.74) is 9.59. The zero-order chi connectivity index (χ0) is 24.2. The van der Waals surface area contributed by atoms with Crippen LogP contribution in [0, 0.1) is 12.3 Å². The van der Waals surface area contributed by atoms with Gasteiger partial charge in [0.25, 0.3) is 5.91 Å². The van der Waals surface area contributed by atoms with E-state index in [0.717, 1.165) is 22.9 Å². The van der Waals surface area contributed by atoms with Crippen molar-refractivity contribution in [3.05, 3.63) is 64.7 Å². The highest BCUT2D eigenvalue weighted by Gasteiger charge is 2.31. The Labute approximate surface area is 203 Å². The molecule has 0 bridgehead atoms. The van der Waals surface area contributed by atoms with Crippen molar-refractivity contribution in [2.75, 3.05) is 26.2 Å². The van der Waals surface area contributed by atoms with Gasteiger partial charge in [0.1, 0.15) is 6.17 Å². The van der Waals surface area contributed by atoms with Gasteiger partial charge in [0.2, 0.25) is 0 Å². The van der Waals surface area contributed by atoms with Crippen molar-refractivity contribution in [3.8, 4) is 23.6 Å². The molecule has 2 N–H and O–H groups in total. The summed E-state index contributed by atoms with van der Waals surface area (Å²) < 4.78 is 5.17. The summed E-state index contributed by atoms with van der Waals surface area (Å²) in [6, 6.07) is 14.5. The van der Waals surface area contributed by atoms with E-state index < -0.39 is 12.3 Å². The normalized spacial score (nSPS) is 15.8. The van der Waals surface area contributed by atoms with E-state index in [-0.39, 0.29) is 12.5 Å². The maximum Gasteiger partial charge on any atom is 0.411 e. The maximum absolute atomic E-state index is 13.2. The average Bonchev–Trinajstić information content (AvgIpc) is 2.86. The van der Waals surface area contributed by atoms with E-state index in [1.54, 1.807) is 29.2 Å². The number of rotatable bonds is 4. The lowest BCUT2D eigenvalue weighted by molar-refractivity contribution is 0.0390. The van der Waals surface area contributed by atoms with Crippen molar-refractivity contribution in [3.63, 3.8) is 0 Å². The largest absolute Gasteiger partial charge is 0.449 e. The number of pyridine rings is 1. The number of ether oxygens (including phenoxy) is 1. The first-order valence-corrected chi connectivity index (χ1v) is 11.4. The first-order chi connectivity index (χ1) is 16.4. The molecule has 2 amide bonds. The summed E-state index contributed by atoms with van der Waals surface area (Å²) in [7, 11) is 0. The van der Waals surface area contributed by atoms with Gasteiger partial charge in [-0.3, -0.25) is 9.69 Å². The number of carbonyl (C=O) groups is 2. The van der Waals surface area contributed by atoms with Gasteiger partial charge in [0.15, 0.2) is 0 Å². The molecule has 1 aliphatic rings. The van der Waals surface area contributed by atoms with Crippen LogP contribution in [-0.4, -0.2) is 59.2 Å². The highest BCUT2D eigenvalue weighted by molar-refractivity contribution is 6.35. The van der Waals surface area contributed by atoms with Gasteiger partial charge in [-0.1, -0.05) is 42.6 Å². The third-order valence-electron chi connectivity index (χ3n) is 5.72. The third-order valence-corrected chi connectivity index (χ3v) is 6.04. The van der Waals surface area contributed by atoms with Crippen LogP contribution < -0.4 is 5.73 Å². The van der Waals surface area contributed by atoms with E-state index >= 15 is 0 Å². The number of fused-ring (bicyclic) bond motifs is 1. The molecule has 0 radical (unpaired) electrons. The number of benzene rings is 2. The summed E-state index contributed by atoms with van der Waals surface area (Å²) in [5, 5.41) is 1.30. The molecule has 0 saturated carbocycles. The number of piperazine rings is 1. The Bertz CT molecular complexity index is 1270. The highest BCUT2D eigenvalue weighted by Crippen LogP contribution is 2.29. The van der Waals surface area contributed by atoms with E-state index in [1.165, 1.54) is 4.90 Å². The number of nitrogens with zero attached hydrogens (tertiary/aromatic N) is 3. The number of halogens is 1. The molecule has 7 nitrogen and oxygen atoms in total. The molecule has 1 aromatic heterocycles. The Morgan fingerprint density at radius 2 is 1.97 bits per heavy atom. The Kier molecular flexibility index (Phi) is 7.01. The topological polar surface area (TPSA) is 88.8 Å². The van der Waals surface area contributed by atoms with Crippen molar-refractivity contribution >= 4 is 34.5 Å². The molecule has 2 heterocycles. The molecule has 1 aliphatic heterocycles. The Balaban J connectivity index is 1.55. The zero-order valence-electron chi connectivity index (χ0n) is 18.8. The van der Waals surface area contributed by atoms with E-state index in [4.69, 9.17) is 33.5 Å². The summed E-state index contributed by atoms with van der Waals surface area (Å²) >= 11 is 6.52. The molecule has 8 heteroatoms. The fraction of sp³-hybridized carbons (Fsp3) is 0.269. The lowest BCUT2D eigenvalue weighted by Gasteiger charge is -2.38. The van der Waals surface area contributed by atoms with Gasteiger partial charge in [0, 0.05) is 35.2 Å². The highest BCUT2D eigenvalue weighted by atomic mass is 35.5. The summed E-state index contributed by atoms with van der Waals surface area (Å²) in [6.45, 7) is 3.15. The lowest BCUT2D eigenvalue weighted by atomic mass is 10.1. The number of terminal acetylenes is 1. The van der Waals surface area contributed by atoms with Crippen LogP contribution in [0.25, 0.3) is 22.2 Å². The molecule has 34 heavy (non-hydrogen) atoms. The SMILES string of the molecule is C#Cc1ccc(-c2cc(Cl)c3ccc(C(=O)N4CCN(C(=O)OCCC)[C@H](N)C4)cc3n2)cc1. The number of hydrogen-bond donors (Lipinski definition) is 1. The van der Waals surface area contributed by atoms with Crippen molar-refractivity contribution in [2.45, 2.75) is 19.5 Å². The summed E-state index contributed by atoms with van der Waals surface area (Å²) in [6.07, 6.45) is 5.09. The molecule has 0 unspecified atom stereocenters. The van der Waals surface area contributed by atoms with Gasteiger partial charge in [-0.05, 0) is 36.8 Å². The molecule has 0 spiro atoms. The molecule has 1 fully saturated rings. The van der Waals surface area contributed by atoms with E-state index in [9.17, 15) is 9.59 Å². The Hall–Kier alpha value is -3.60. The van der Waals surface area contributed by atoms with Crippen LogP contribution in [0.5, 0.6) is 0 Å². The minimum absolute atomic E-state index is 0.180. The minimum atomic E-state index is -0.632. The van der Waals surface area contributed by atoms with Crippen LogP contribution in [0.15, 0.2) is 48.5 Å². The average molecular weight is 477 g/mol. The van der Waals surface area contributed by atoms with E-state index in [1.807, 2.05) is 31.2 Å². The van der Waals surface area contributed by atoms with Gasteiger partial charge in [-0.2, -0.15) is 0 Å². The number of aromatic nitrogens is 1. The van der Waals surface area contributed by atoms with Crippen LogP contribution in [0.3, 0.4) is 0 Å². The summed E-state index contributed by atoms with van der Waals surface area (Å²) in [4.78, 5) is 33.2. The van der Waals surface area contributed by atoms with Crippen molar-refractivity contribution in [1.29, 1.82) is 0 Å². The fourth-order valence-electron chi connectivity index (χ4n) is 3.88. The van der Waals surface area contributed by atoms with Crippen molar-refractivity contribution in [1.82, 2.24) is 14.8 Å². The second-order valence-corrected chi connectivity index (χ2v) is 8.48. The van der Waals surface area contributed by atoms with Gasteiger partial charge in [-0.25, -0.2) is 9.78 Å². The Morgan fingerprint density at radius 1 is 1.21 bits per heavy atom. The smallest absolute Gasteiger partial charge is 0.411 e. The van der Waals surface area contributed by atoms with Gasteiger partial charge < -0.3 is 15.4 Å². The lowest BCUT2D eigenvalue weighted by Crippen LogP contribution is -2.60. The van der Waals surface area contributed by atoms with E-state index in [2.05, 4.69) is 5.92 Å². The molecule has 1 saturated heterocycles. The van der Waals surface area contributed by atoms with E-state index in [0.29, 0.717) is 41.5 Å². The van der Waals surface area contributed by atoms with Crippen LogP contribution in [0.4, 0.5) is 4.79 Å². The van der Waals surface area contributed by atoms with Crippen LogP contribution in [0.2, 0.25) is 5.02 Å². The molecule has 1 atom stereocenters. The molecule has 0 aliphatic carbocycles. The first-order valence-electron chi connectivity index (χ1n) is 11.1. The number of hydrogen-bond acceptors (Lipinski definition) is 5. The molecular formula is C26H25ClN4O3. The van der Waals surface area contributed by atoms with Crippen LogP contribution >= 0.6 is 11.6 Å². The fourth-order valence-corrected chi connectivity index (χ4v) is 4.14. The second-order valence-electron chi connectivity index (χ2n) is 8.07. The molecular weight excluding hydrogens is 452 g/mol. The maximum atomic E-state index is 13.2. The van der Waals surface area contributed by atoms with Crippen molar-refractivity contribution in [2.24, 2.45) is 5.73 Å². The van der Waals surface area contributed by atoms with Gasteiger partial charge >= 0.3 is 6.09 Å². The van der Waals surface area contributed by atoms with Crippen molar-refractivity contribution < 1.29 is 14.3 Å². The minimum Gasteiger partial charge on any atom is -0.449 e. The monoisotopic (exact) mass is 476 g/mol. The van der Waals surface area contributed by atoms with Gasteiger partial charge in [-0.15, -0.1) is 6.42 Å². The number of amides is 2. The molecule has 3 aromatic rings. The summed E-state index contributed by atoms with van der Waals surface area (Å²) in [5.74, 6) is 2.41. The predicted molar refractivity (Wildman–Crippen MR) is 132 cm³/mol. The quantitative estimate of drug-likeness (QED) is 0.572. The van der Waals surface area contributed by atoms with Gasteiger partial charge in [0.05, 0.1) is 29.4 Å².